The molecule has 0 aliphatic rings. The molecule has 0 aliphatic carbocycles. The quantitative estimate of drug-likeness (QED) is 0.494. The summed E-state index contributed by atoms with van der Waals surface area (Å²) in [4.78, 5) is 18.1. The number of fused-ring (bicyclic) bond motifs is 3. The van der Waals surface area contributed by atoms with Crippen LogP contribution in [0.15, 0.2) is 48.5 Å². The highest BCUT2D eigenvalue weighted by molar-refractivity contribution is 6.01. The molecular weight excluding hydrogens is 336 g/mol. The summed E-state index contributed by atoms with van der Waals surface area (Å²) in [7, 11) is 1.94. The third-order valence-corrected chi connectivity index (χ3v) is 4.86. The van der Waals surface area contributed by atoms with E-state index in [1.807, 2.05) is 55.6 Å². The van der Waals surface area contributed by atoms with E-state index >= 15 is 0 Å². The van der Waals surface area contributed by atoms with Gasteiger partial charge < -0.3 is 14.9 Å². The first-order valence-corrected chi connectivity index (χ1v) is 9.22. The van der Waals surface area contributed by atoms with Crippen LogP contribution in [0.5, 0.6) is 0 Å². The number of hydrogen-bond donors (Lipinski definition) is 2. The Morgan fingerprint density at radius 2 is 1.63 bits per heavy atom. The van der Waals surface area contributed by atoms with Crippen LogP contribution in [0, 0.1) is 0 Å². The van der Waals surface area contributed by atoms with Gasteiger partial charge in [-0.15, -0.1) is 0 Å². The van der Waals surface area contributed by atoms with Crippen molar-refractivity contribution in [1.29, 1.82) is 0 Å². The van der Waals surface area contributed by atoms with E-state index in [0.717, 1.165) is 63.4 Å². The lowest BCUT2D eigenvalue weighted by molar-refractivity contribution is 0.704. The third-order valence-electron chi connectivity index (χ3n) is 4.86. The summed E-state index contributed by atoms with van der Waals surface area (Å²) in [5.41, 5.74) is 6.47. The van der Waals surface area contributed by atoms with Gasteiger partial charge in [-0.1, -0.05) is 31.2 Å². The molecule has 0 radical (unpaired) electrons. The van der Waals surface area contributed by atoms with Crippen LogP contribution >= 0.6 is 0 Å². The fraction of sp³-hybridized carbons (Fsp3) is 0.190. The van der Waals surface area contributed by atoms with Gasteiger partial charge in [-0.3, -0.25) is 0 Å². The molecular formula is C21H20N6. The molecule has 0 atom stereocenters. The summed E-state index contributed by atoms with van der Waals surface area (Å²) in [5.74, 6) is 1.80. The molecule has 0 saturated heterocycles. The van der Waals surface area contributed by atoms with Crippen molar-refractivity contribution in [2.24, 2.45) is 0 Å². The summed E-state index contributed by atoms with van der Waals surface area (Å²) in [5, 5.41) is 3.36. The van der Waals surface area contributed by atoms with Crippen LogP contribution in [0.3, 0.4) is 0 Å². The van der Waals surface area contributed by atoms with Crippen molar-refractivity contribution in [1.82, 2.24) is 24.5 Å². The minimum Gasteiger partial charge on any atom is -0.374 e. The standard InChI is InChI=1S/C21H20N6/c1-3-12-27-20(22-2)17(19-24-14-9-5-6-10-15(14)25-19)18-21(27)26-16-11-7-4-8-13(16)23-18/h4-11,22H,3,12H2,1-2H3,(H,24,25). The van der Waals surface area contributed by atoms with Gasteiger partial charge in [0.15, 0.2) is 5.65 Å². The van der Waals surface area contributed by atoms with Crippen molar-refractivity contribution < 1.29 is 0 Å². The van der Waals surface area contributed by atoms with E-state index in [9.17, 15) is 0 Å². The Bertz CT molecular complexity index is 1250. The summed E-state index contributed by atoms with van der Waals surface area (Å²) >= 11 is 0. The summed E-state index contributed by atoms with van der Waals surface area (Å²) in [6, 6.07) is 16.1. The molecule has 134 valence electrons. The van der Waals surface area contributed by atoms with Crippen molar-refractivity contribution in [3.63, 3.8) is 0 Å². The first-order valence-electron chi connectivity index (χ1n) is 9.22. The van der Waals surface area contributed by atoms with E-state index < -0.39 is 0 Å². The highest BCUT2D eigenvalue weighted by Gasteiger charge is 2.23. The van der Waals surface area contributed by atoms with Crippen molar-refractivity contribution >= 4 is 39.0 Å². The predicted molar refractivity (Wildman–Crippen MR) is 110 cm³/mol. The highest BCUT2D eigenvalue weighted by atomic mass is 15.2. The van der Waals surface area contributed by atoms with Gasteiger partial charge in [0.2, 0.25) is 0 Å². The second-order valence-electron chi connectivity index (χ2n) is 6.61. The number of H-pyrrole nitrogens is 1. The largest absolute Gasteiger partial charge is 0.374 e. The zero-order valence-electron chi connectivity index (χ0n) is 15.3. The summed E-state index contributed by atoms with van der Waals surface area (Å²) < 4.78 is 2.21. The van der Waals surface area contributed by atoms with Gasteiger partial charge in [0.25, 0.3) is 0 Å². The Morgan fingerprint density at radius 1 is 0.926 bits per heavy atom. The Hall–Kier alpha value is -3.41. The van der Waals surface area contributed by atoms with Crippen molar-refractivity contribution in [2.75, 3.05) is 12.4 Å². The number of anilines is 1. The van der Waals surface area contributed by atoms with E-state index in [1.54, 1.807) is 0 Å². The number of nitrogens with one attached hydrogen (secondary N) is 2. The topological polar surface area (TPSA) is 71.4 Å². The minimum atomic E-state index is 0.810. The number of benzene rings is 2. The fourth-order valence-electron chi connectivity index (χ4n) is 3.70. The molecule has 5 aromatic rings. The Kier molecular flexibility index (Phi) is 3.57. The molecule has 0 aliphatic heterocycles. The SMILES string of the molecule is CCCn1c(NC)c(-c2nc3ccccc3[nH]2)c2nc3ccccc3nc21. The first kappa shape index (κ1) is 15.8. The van der Waals surface area contributed by atoms with E-state index in [4.69, 9.17) is 15.0 Å². The molecule has 2 aromatic carbocycles. The van der Waals surface area contributed by atoms with E-state index in [1.165, 1.54) is 0 Å². The van der Waals surface area contributed by atoms with Crippen LogP contribution in [0.25, 0.3) is 44.6 Å². The maximum atomic E-state index is 4.95. The van der Waals surface area contributed by atoms with Crippen LogP contribution in [-0.2, 0) is 6.54 Å². The first-order chi connectivity index (χ1) is 13.3. The molecule has 6 nitrogen and oxygen atoms in total. The lowest BCUT2D eigenvalue weighted by Crippen LogP contribution is -2.04. The number of aromatic amines is 1. The molecule has 2 N–H and O–H groups in total. The van der Waals surface area contributed by atoms with E-state index in [-0.39, 0.29) is 0 Å². The lowest BCUT2D eigenvalue weighted by atomic mass is 10.2. The monoisotopic (exact) mass is 356 g/mol. The number of aryl methyl sites for hydroxylation is 1. The molecule has 0 amide bonds. The molecule has 5 rings (SSSR count). The van der Waals surface area contributed by atoms with Gasteiger partial charge in [-0.25, -0.2) is 15.0 Å². The number of hydrogen-bond acceptors (Lipinski definition) is 4. The number of para-hydroxylation sites is 4. The highest BCUT2D eigenvalue weighted by Crippen LogP contribution is 2.37. The lowest BCUT2D eigenvalue weighted by Gasteiger charge is -2.09. The van der Waals surface area contributed by atoms with Gasteiger partial charge in [-0.2, -0.15) is 0 Å². The number of nitrogens with zero attached hydrogens (tertiary/aromatic N) is 4. The molecule has 27 heavy (non-hydrogen) atoms. The van der Waals surface area contributed by atoms with Gasteiger partial charge in [-0.05, 0) is 30.7 Å². The second-order valence-corrected chi connectivity index (χ2v) is 6.61. The van der Waals surface area contributed by atoms with Crippen LogP contribution in [0.4, 0.5) is 5.82 Å². The average Bonchev–Trinajstić information content (AvgIpc) is 3.25. The second kappa shape index (κ2) is 6.09. The smallest absolute Gasteiger partial charge is 0.161 e. The van der Waals surface area contributed by atoms with Crippen molar-refractivity contribution in [2.45, 2.75) is 19.9 Å². The molecule has 0 saturated carbocycles. The van der Waals surface area contributed by atoms with Crippen LogP contribution in [0.1, 0.15) is 13.3 Å². The van der Waals surface area contributed by atoms with Gasteiger partial charge in [0, 0.05) is 13.6 Å². The molecule has 0 spiro atoms. The predicted octanol–water partition coefficient (Wildman–Crippen LogP) is 4.58. The van der Waals surface area contributed by atoms with Gasteiger partial charge >= 0.3 is 0 Å². The minimum absolute atomic E-state index is 0.810. The molecule has 6 heteroatoms. The molecule has 0 bridgehead atoms. The van der Waals surface area contributed by atoms with Crippen LogP contribution < -0.4 is 5.32 Å². The maximum absolute atomic E-state index is 4.95. The maximum Gasteiger partial charge on any atom is 0.161 e. The van der Waals surface area contributed by atoms with Crippen molar-refractivity contribution in [3.05, 3.63) is 48.5 Å². The summed E-state index contributed by atoms with van der Waals surface area (Å²) in [6.45, 7) is 3.03. The average molecular weight is 356 g/mol. The molecule has 0 fully saturated rings. The Labute approximate surface area is 156 Å². The number of aromatic nitrogens is 5. The van der Waals surface area contributed by atoms with Crippen LogP contribution in [0.2, 0.25) is 0 Å². The normalized spacial score (nSPS) is 11.6. The molecule has 3 aromatic heterocycles. The number of imidazole rings is 1. The number of rotatable bonds is 4. The van der Waals surface area contributed by atoms with Crippen LogP contribution in [-0.4, -0.2) is 31.6 Å². The van der Waals surface area contributed by atoms with Gasteiger partial charge in [0.1, 0.15) is 17.2 Å². The third kappa shape index (κ3) is 2.37. The fourth-order valence-corrected chi connectivity index (χ4v) is 3.70. The zero-order valence-corrected chi connectivity index (χ0v) is 15.3. The Morgan fingerprint density at radius 3 is 2.33 bits per heavy atom. The summed E-state index contributed by atoms with van der Waals surface area (Å²) in [6.07, 6.45) is 1.01. The Balaban J connectivity index is 1.90. The molecule has 3 heterocycles. The van der Waals surface area contributed by atoms with Crippen molar-refractivity contribution in [3.8, 4) is 11.4 Å². The van der Waals surface area contributed by atoms with E-state index in [0.29, 0.717) is 0 Å². The van der Waals surface area contributed by atoms with E-state index in [2.05, 4.69) is 21.8 Å². The zero-order chi connectivity index (χ0) is 18.4. The molecule has 0 unspecified atom stereocenters. The van der Waals surface area contributed by atoms with Gasteiger partial charge in [0.05, 0.1) is 27.6 Å².